The van der Waals surface area contributed by atoms with Gasteiger partial charge in [0.05, 0.1) is 6.04 Å². The molecular weight excluding hydrogens is 293 g/mol. The normalized spacial score (nSPS) is 12.2. The summed E-state index contributed by atoms with van der Waals surface area (Å²) < 4.78 is 39.2. The van der Waals surface area contributed by atoms with Crippen molar-refractivity contribution < 1.29 is 13.2 Å². The zero-order valence-corrected chi connectivity index (χ0v) is 11.0. The van der Waals surface area contributed by atoms with Crippen molar-refractivity contribution in [3.8, 4) is 0 Å². The molecule has 3 N–H and O–H groups in total. The number of nitrogens with one attached hydrogen (secondary N) is 1. The van der Waals surface area contributed by atoms with E-state index in [2.05, 4.69) is 15.3 Å². The summed E-state index contributed by atoms with van der Waals surface area (Å²) in [4.78, 5) is 7.55. The fourth-order valence-corrected chi connectivity index (χ4v) is 1.83. The molecule has 0 amide bonds. The van der Waals surface area contributed by atoms with Crippen LogP contribution in [0.1, 0.15) is 18.5 Å². The number of anilines is 2. The minimum absolute atomic E-state index is 0.0383. The summed E-state index contributed by atoms with van der Waals surface area (Å²) in [7, 11) is 0. The highest BCUT2D eigenvalue weighted by atomic mass is 35.5. The van der Waals surface area contributed by atoms with Gasteiger partial charge in [-0.25, -0.2) is 18.2 Å². The molecule has 20 heavy (non-hydrogen) atoms. The number of nitrogens with zero attached hydrogens (tertiary/aromatic N) is 2. The topological polar surface area (TPSA) is 63.8 Å². The third-order valence-corrected chi connectivity index (χ3v) is 2.78. The van der Waals surface area contributed by atoms with Gasteiger partial charge < -0.3 is 11.1 Å². The van der Waals surface area contributed by atoms with E-state index in [0.717, 1.165) is 12.1 Å². The molecule has 2 aromatic rings. The van der Waals surface area contributed by atoms with Crippen LogP contribution in [0.5, 0.6) is 0 Å². The SMILES string of the molecule is CC(Nc1cc(Cl)nc(N)n1)c1cc(F)c(F)c(F)c1. The molecule has 0 saturated carbocycles. The highest BCUT2D eigenvalue weighted by molar-refractivity contribution is 6.29. The van der Waals surface area contributed by atoms with E-state index in [1.54, 1.807) is 6.92 Å². The van der Waals surface area contributed by atoms with Crippen molar-refractivity contribution in [1.29, 1.82) is 0 Å². The second-order valence-electron chi connectivity index (χ2n) is 4.10. The number of nitrogens with two attached hydrogens (primary N) is 1. The van der Waals surface area contributed by atoms with Gasteiger partial charge >= 0.3 is 0 Å². The van der Waals surface area contributed by atoms with Crippen LogP contribution in [0.25, 0.3) is 0 Å². The lowest BCUT2D eigenvalue weighted by atomic mass is 10.1. The van der Waals surface area contributed by atoms with Gasteiger partial charge in [0.15, 0.2) is 17.5 Å². The van der Waals surface area contributed by atoms with Crippen LogP contribution >= 0.6 is 11.6 Å². The van der Waals surface area contributed by atoms with Crippen LogP contribution in [0, 0.1) is 17.5 Å². The Kier molecular flexibility index (Phi) is 3.99. The Morgan fingerprint density at radius 3 is 2.30 bits per heavy atom. The van der Waals surface area contributed by atoms with Crippen LogP contribution in [-0.4, -0.2) is 9.97 Å². The van der Waals surface area contributed by atoms with Crippen molar-refractivity contribution in [3.63, 3.8) is 0 Å². The van der Waals surface area contributed by atoms with E-state index in [1.165, 1.54) is 6.07 Å². The number of halogens is 4. The summed E-state index contributed by atoms with van der Waals surface area (Å²) in [6.07, 6.45) is 0. The molecule has 1 aromatic heterocycles. The Balaban J connectivity index is 2.25. The fraction of sp³-hybridized carbons (Fsp3) is 0.167. The highest BCUT2D eigenvalue weighted by Gasteiger charge is 2.15. The summed E-state index contributed by atoms with van der Waals surface area (Å²) in [5, 5.41) is 2.97. The summed E-state index contributed by atoms with van der Waals surface area (Å²) in [6.45, 7) is 1.62. The summed E-state index contributed by atoms with van der Waals surface area (Å²) >= 11 is 5.71. The van der Waals surface area contributed by atoms with Crippen molar-refractivity contribution >= 4 is 23.4 Å². The predicted octanol–water partition coefficient (Wildman–Crippen LogP) is 3.30. The average Bonchev–Trinajstić information content (AvgIpc) is 2.33. The number of benzene rings is 1. The van der Waals surface area contributed by atoms with E-state index in [1.807, 2.05) is 0 Å². The van der Waals surface area contributed by atoms with E-state index in [9.17, 15) is 13.2 Å². The third kappa shape index (κ3) is 3.11. The van der Waals surface area contributed by atoms with E-state index in [4.69, 9.17) is 17.3 Å². The zero-order valence-electron chi connectivity index (χ0n) is 10.3. The summed E-state index contributed by atoms with van der Waals surface area (Å²) in [5.41, 5.74) is 5.64. The first kappa shape index (κ1) is 14.4. The predicted molar refractivity (Wildman–Crippen MR) is 69.8 cm³/mol. The molecule has 0 spiro atoms. The van der Waals surface area contributed by atoms with Crippen LogP contribution in [0.4, 0.5) is 24.9 Å². The molecule has 0 bridgehead atoms. The average molecular weight is 303 g/mol. The van der Waals surface area contributed by atoms with Crippen molar-refractivity contribution in [2.45, 2.75) is 13.0 Å². The van der Waals surface area contributed by atoms with Crippen molar-refractivity contribution in [2.24, 2.45) is 0 Å². The molecule has 2 rings (SSSR count). The number of hydrogen-bond donors (Lipinski definition) is 2. The standard InChI is InChI=1S/C12H10ClF3N4/c1-5(6-2-7(14)11(16)8(15)3-6)18-10-4-9(13)19-12(17)20-10/h2-5H,1H3,(H3,17,18,19,20). The molecule has 0 aliphatic heterocycles. The number of rotatable bonds is 3. The molecule has 1 aromatic carbocycles. The van der Waals surface area contributed by atoms with E-state index in [0.29, 0.717) is 5.82 Å². The molecule has 0 radical (unpaired) electrons. The van der Waals surface area contributed by atoms with Crippen molar-refractivity contribution in [2.75, 3.05) is 11.1 Å². The van der Waals surface area contributed by atoms with Crippen LogP contribution in [0.3, 0.4) is 0 Å². The van der Waals surface area contributed by atoms with E-state index < -0.39 is 23.5 Å². The second-order valence-corrected chi connectivity index (χ2v) is 4.49. The van der Waals surface area contributed by atoms with Gasteiger partial charge in [-0.1, -0.05) is 11.6 Å². The van der Waals surface area contributed by atoms with Gasteiger partial charge in [-0.05, 0) is 24.6 Å². The maximum Gasteiger partial charge on any atom is 0.223 e. The van der Waals surface area contributed by atoms with Crippen LogP contribution in [0.2, 0.25) is 5.15 Å². The first-order valence-corrected chi connectivity index (χ1v) is 5.95. The van der Waals surface area contributed by atoms with Crippen molar-refractivity contribution in [1.82, 2.24) is 9.97 Å². The molecule has 0 aliphatic rings. The molecular formula is C12H10ClF3N4. The van der Waals surface area contributed by atoms with Gasteiger partial charge in [-0.2, -0.15) is 4.98 Å². The zero-order chi connectivity index (χ0) is 14.9. The lowest BCUT2D eigenvalue weighted by molar-refractivity contribution is 0.444. The molecule has 1 unspecified atom stereocenters. The molecule has 4 nitrogen and oxygen atoms in total. The molecule has 0 saturated heterocycles. The molecule has 0 fully saturated rings. The Labute approximate surface area is 117 Å². The van der Waals surface area contributed by atoms with Gasteiger partial charge in [0, 0.05) is 6.07 Å². The molecule has 1 atom stereocenters. The summed E-state index contributed by atoms with van der Waals surface area (Å²) in [5.74, 6) is -3.76. The Hall–Kier alpha value is -2.02. The molecule has 8 heteroatoms. The Morgan fingerprint density at radius 1 is 1.15 bits per heavy atom. The van der Waals surface area contributed by atoms with Gasteiger partial charge in [0.1, 0.15) is 11.0 Å². The second kappa shape index (κ2) is 5.54. The van der Waals surface area contributed by atoms with Crippen LogP contribution in [-0.2, 0) is 0 Å². The number of hydrogen-bond acceptors (Lipinski definition) is 4. The Morgan fingerprint density at radius 2 is 1.75 bits per heavy atom. The first-order chi connectivity index (χ1) is 9.36. The fourth-order valence-electron chi connectivity index (χ4n) is 1.64. The largest absolute Gasteiger partial charge is 0.368 e. The highest BCUT2D eigenvalue weighted by Crippen LogP contribution is 2.23. The molecule has 1 heterocycles. The van der Waals surface area contributed by atoms with Crippen LogP contribution < -0.4 is 11.1 Å². The Bertz CT molecular complexity index is 607. The molecule has 0 aliphatic carbocycles. The lowest BCUT2D eigenvalue weighted by Gasteiger charge is -2.15. The monoisotopic (exact) mass is 302 g/mol. The third-order valence-electron chi connectivity index (χ3n) is 2.58. The smallest absolute Gasteiger partial charge is 0.223 e. The van der Waals surface area contributed by atoms with Gasteiger partial charge in [-0.3, -0.25) is 0 Å². The van der Waals surface area contributed by atoms with Gasteiger partial charge in [0.25, 0.3) is 0 Å². The lowest BCUT2D eigenvalue weighted by Crippen LogP contribution is -2.10. The van der Waals surface area contributed by atoms with Crippen molar-refractivity contribution in [3.05, 3.63) is 46.4 Å². The van der Waals surface area contributed by atoms with Gasteiger partial charge in [-0.15, -0.1) is 0 Å². The minimum Gasteiger partial charge on any atom is -0.368 e. The number of aromatic nitrogens is 2. The number of nitrogen functional groups attached to an aromatic ring is 1. The minimum atomic E-state index is -1.50. The molecule has 106 valence electrons. The maximum absolute atomic E-state index is 13.2. The van der Waals surface area contributed by atoms with E-state index in [-0.39, 0.29) is 16.7 Å². The maximum atomic E-state index is 13.2. The quantitative estimate of drug-likeness (QED) is 0.674. The van der Waals surface area contributed by atoms with Crippen LogP contribution in [0.15, 0.2) is 18.2 Å². The summed E-state index contributed by atoms with van der Waals surface area (Å²) in [6, 6.07) is 2.68. The van der Waals surface area contributed by atoms with Gasteiger partial charge in [0.2, 0.25) is 5.95 Å². The van der Waals surface area contributed by atoms with E-state index >= 15 is 0 Å². The first-order valence-electron chi connectivity index (χ1n) is 5.58.